The molecule has 68 valence electrons. The Morgan fingerprint density at radius 2 is 1.77 bits per heavy atom. The molecule has 0 amide bonds. The first kappa shape index (κ1) is 8.48. The topological polar surface area (TPSA) is 18.5 Å². The first-order valence-corrected chi connectivity index (χ1v) is 4.41. The van der Waals surface area contributed by atoms with E-state index in [9.17, 15) is 0 Å². The third-order valence-electron chi connectivity index (χ3n) is 1.89. The van der Waals surface area contributed by atoms with Crippen molar-refractivity contribution in [2.24, 2.45) is 0 Å². The molecule has 1 heterocycles. The van der Waals surface area contributed by atoms with Gasteiger partial charge in [-0.05, 0) is 11.6 Å². The number of hydrogen-bond acceptors (Lipinski definition) is 2. The minimum absolute atomic E-state index is 0.153. The van der Waals surface area contributed by atoms with Crippen molar-refractivity contribution in [3.63, 3.8) is 0 Å². The van der Waals surface area contributed by atoms with Crippen molar-refractivity contribution in [1.29, 1.82) is 0 Å². The van der Waals surface area contributed by atoms with Gasteiger partial charge in [-0.1, -0.05) is 36.4 Å². The SMILES string of the molecule is C(=C\C1OCCO1)/c1ccccc1. The van der Waals surface area contributed by atoms with E-state index in [1.54, 1.807) is 0 Å². The van der Waals surface area contributed by atoms with Crippen LogP contribution in [0.2, 0.25) is 0 Å². The summed E-state index contributed by atoms with van der Waals surface area (Å²) in [6.45, 7) is 1.40. The summed E-state index contributed by atoms with van der Waals surface area (Å²) in [5.41, 5.74) is 1.17. The molecule has 2 rings (SSSR count). The maximum Gasteiger partial charge on any atom is 0.177 e. The summed E-state index contributed by atoms with van der Waals surface area (Å²) in [6.07, 6.45) is 3.79. The zero-order valence-corrected chi connectivity index (χ0v) is 7.35. The first-order chi connectivity index (χ1) is 6.45. The van der Waals surface area contributed by atoms with Gasteiger partial charge in [-0.15, -0.1) is 0 Å². The van der Waals surface area contributed by atoms with Crippen LogP contribution in [0.4, 0.5) is 0 Å². The Hall–Kier alpha value is -1.12. The van der Waals surface area contributed by atoms with E-state index in [0.717, 1.165) is 0 Å². The molecule has 0 aromatic heterocycles. The molecule has 1 aromatic carbocycles. The monoisotopic (exact) mass is 176 g/mol. The first-order valence-electron chi connectivity index (χ1n) is 4.41. The van der Waals surface area contributed by atoms with Crippen LogP contribution in [0, 0.1) is 0 Å². The summed E-state index contributed by atoms with van der Waals surface area (Å²) >= 11 is 0. The van der Waals surface area contributed by atoms with E-state index in [0.29, 0.717) is 13.2 Å². The molecular weight excluding hydrogens is 164 g/mol. The molecule has 2 nitrogen and oxygen atoms in total. The highest BCUT2D eigenvalue weighted by Gasteiger charge is 2.10. The van der Waals surface area contributed by atoms with Crippen LogP contribution in [-0.4, -0.2) is 19.5 Å². The third kappa shape index (κ3) is 2.41. The molecule has 0 atom stereocenters. The second kappa shape index (κ2) is 4.21. The van der Waals surface area contributed by atoms with E-state index in [4.69, 9.17) is 9.47 Å². The van der Waals surface area contributed by atoms with E-state index in [-0.39, 0.29) is 6.29 Å². The summed E-state index contributed by atoms with van der Waals surface area (Å²) in [4.78, 5) is 0. The number of benzene rings is 1. The third-order valence-corrected chi connectivity index (χ3v) is 1.89. The molecule has 1 aliphatic heterocycles. The van der Waals surface area contributed by atoms with Gasteiger partial charge in [0.1, 0.15) is 0 Å². The zero-order chi connectivity index (χ0) is 8.93. The molecule has 0 aliphatic carbocycles. The lowest BCUT2D eigenvalue weighted by Gasteiger charge is -2.00. The predicted octanol–water partition coefficient (Wildman–Crippen LogP) is 2.07. The summed E-state index contributed by atoms with van der Waals surface area (Å²) in [5.74, 6) is 0. The highest BCUT2D eigenvalue weighted by atomic mass is 16.7. The van der Waals surface area contributed by atoms with Crippen molar-refractivity contribution in [2.45, 2.75) is 6.29 Å². The minimum Gasteiger partial charge on any atom is -0.347 e. The van der Waals surface area contributed by atoms with Gasteiger partial charge in [-0.2, -0.15) is 0 Å². The lowest BCUT2D eigenvalue weighted by atomic mass is 10.2. The molecule has 2 heteroatoms. The Morgan fingerprint density at radius 1 is 1.08 bits per heavy atom. The van der Waals surface area contributed by atoms with Gasteiger partial charge in [0.15, 0.2) is 6.29 Å². The molecule has 0 unspecified atom stereocenters. The van der Waals surface area contributed by atoms with Crippen LogP contribution in [0.1, 0.15) is 5.56 Å². The van der Waals surface area contributed by atoms with Crippen molar-refractivity contribution in [2.75, 3.05) is 13.2 Å². The second-order valence-electron chi connectivity index (χ2n) is 2.88. The van der Waals surface area contributed by atoms with E-state index < -0.39 is 0 Å². The largest absolute Gasteiger partial charge is 0.347 e. The predicted molar refractivity (Wildman–Crippen MR) is 51.2 cm³/mol. The molecule has 1 saturated heterocycles. The van der Waals surface area contributed by atoms with Gasteiger partial charge < -0.3 is 9.47 Å². The van der Waals surface area contributed by atoms with Gasteiger partial charge in [-0.3, -0.25) is 0 Å². The fourth-order valence-electron chi connectivity index (χ4n) is 1.24. The maximum atomic E-state index is 5.27. The molecule has 0 N–H and O–H groups in total. The Labute approximate surface area is 77.8 Å². The molecule has 0 saturated carbocycles. The van der Waals surface area contributed by atoms with Gasteiger partial charge in [0.2, 0.25) is 0 Å². The lowest BCUT2D eigenvalue weighted by Crippen LogP contribution is -2.01. The van der Waals surface area contributed by atoms with Gasteiger partial charge in [0.05, 0.1) is 13.2 Å². The van der Waals surface area contributed by atoms with E-state index in [1.807, 2.05) is 42.5 Å². The quantitative estimate of drug-likeness (QED) is 0.686. The Bertz CT molecular complexity index is 273. The van der Waals surface area contributed by atoms with Crippen LogP contribution in [0.25, 0.3) is 6.08 Å². The molecule has 1 aliphatic rings. The molecule has 1 aromatic rings. The van der Waals surface area contributed by atoms with E-state index >= 15 is 0 Å². The normalized spacial score (nSPS) is 18.5. The molecule has 0 spiro atoms. The average molecular weight is 176 g/mol. The standard InChI is InChI=1S/C11H12O2/c1-2-4-10(5-3-1)6-7-11-12-8-9-13-11/h1-7,11H,8-9H2/b7-6+. The van der Waals surface area contributed by atoms with Crippen molar-refractivity contribution in [3.8, 4) is 0 Å². The van der Waals surface area contributed by atoms with Crippen LogP contribution in [0.15, 0.2) is 36.4 Å². The minimum atomic E-state index is -0.153. The number of ether oxygens (including phenoxy) is 2. The maximum absolute atomic E-state index is 5.27. The Balaban J connectivity index is 1.97. The summed E-state index contributed by atoms with van der Waals surface area (Å²) < 4.78 is 10.5. The lowest BCUT2D eigenvalue weighted by molar-refractivity contribution is -0.000907. The number of rotatable bonds is 2. The molecule has 13 heavy (non-hydrogen) atoms. The Morgan fingerprint density at radius 3 is 2.46 bits per heavy atom. The van der Waals surface area contributed by atoms with Crippen LogP contribution >= 0.6 is 0 Å². The smallest absolute Gasteiger partial charge is 0.177 e. The second-order valence-corrected chi connectivity index (χ2v) is 2.88. The van der Waals surface area contributed by atoms with Crippen molar-refractivity contribution < 1.29 is 9.47 Å². The fraction of sp³-hybridized carbons (Fsp3) is 0.273. The summed E-state index contributed by atoms with van der Waals surface area (Å²) in [7, 11) is 0. The summed E-state index contributed by atoms with van der Waals surface area (Å²) in [6, 6.07) is 10.1. The van der Waals surface area contributed by atoms with E-state index in [2.05, 4.69) is 0 Å². The average Bonchev–Trinajstić information content (AvgIpc) is 2.69. The molecule has 0 radical (unpaired) electrons. The van der Waals surface area contributed by atoms with E-state index in [1.165, 1.54) is 5.56 Å². The van der Waals surface area contributed by atoms with Crippen LogP contribution in [-0.2, 0) is 9.47 Å². The van der Waals surface area contributed by atoms with Gasteiger partial charge in [0.25, 0.3) is 0 Å². The van der Waals surface area contributed by atoms with Gasteiger partial charge >= 0.3 is 0 Å². The number of hydrogen-bond donors (Lipinski definition) is 0. The molecular formula is C11H12O2. The van der Waals surface area contributed by atoms with Crippen molar-refractivity contribution in [3.05, 3.63) is 42.0 Å². The molecule has 1 fully saturated rings. The summed E-state index contributed by atoms with van der Waals surface area (Å²) in [5, 5.41) is 0. The zero-order valence-electron chi connectivity index (χ0n) is 7.35. The highest BCUT2D eigenvalue weighted by Crippen LogP contribution is 2.08. The van der Waals surface area contributed by atoms with Crippen LogP contribution in [0.3, 0.4) is 0 Å². The highest BCUT2D eigenvalue weighted by molar-refractivity contribution is 5.48. The van der Waals surface area contributed by atoms with Crippen molar-refractivity contribution in [1.82, 2.24) is 0 Å². The molecule has 0 bridgehead atoms. The van der Waals surface area contributed by atoms with Gasteiger partial charge in [-0.25, -0.2) is 0 Å². The van der Waals surface area contributed by atoms with Crippen LogP contribution < -0.4 is 0 Å². The van der Waals surface area contributed by atoms with Crippen LogP contribution in [0.5, 0.6) is 0 Å². The Kier molecular flexibility index (Phi) is 2.75. The van der Waals surface area contributed by atoms with Gasteiger partial charge in [0, 0.05) is 0 Å². The van der Waals surface area contributed by atoms with Crippen molar-refractivity contribution >= 4 is 6.08 Å². The fourth-order valence-corrected chi connectivity index (χ4v) is 1.24.